The summed E-state index contributed by atoms with van der Waals surface area (Å²) in [6, 6.07) is 0. The highest BCUT2D eigenvalue weighted by Gasteiger charge is 2.14. The average Bonchev–Trinajstić information content (AvgIpc) is 2.32. The number of nitrogens with zero attached hydrogens (tertiary/aromatic N) is 2. The van der Waals surface area contributed by atoms with Crippen LogP contribution in [0.5, 0.6) is 0 Å². The zero-order valence-corrected chi connectivity index (χ0v) is 6.86. The van der Waals surface area contributed by atoms with Crippen molar-refractivity contribution < 1.29 is 14.5 Å². The Morgan fingerprint density at radius 1 is 1.83 bits per heavy atom. The molecule has 2 N–H and O–H groups in total. The van der Waals surface area contributed by atoms with Gasteiger partial charge in [0.05, 0.1) is 7.05 Å². The van der Waals surface area contributed by atoms with Gasteiger partial charge in [-0.1, -0.05) is 0 Å². The average molecular weight is 169 g/mol. The second-order valence-corrected chi connectivity index (χ2v) is 2.50. The molecule has 0 aliphatic heterocycles. The summed E-state index contributed by atoms with van der Waals surface area (Å²) in [6.45, 7) is 0.902. The molecule has 1 aromatic rings. The molecule has 0 spiro atoms. The van der Waals surface area contributed by atoms with Crippen molar-refractivity contribution >= 4 is 5.97 Å². The van der Waals surface area contributed by atoms with Gasteiger partial charge in [0.25, 0.3) is 0 Å². The summed E-state index contributed by atoms with van der Waals surface area (Å²) >= 11 is 0. The summed E-state index contributed by atoms with van der Waals surface area (Å²) in [7, 11) is 1.65. The largest absolute Gasteiger partial charge is 0.538 e. The summed E-state index contributed by atoms with van der Waals surface area (Å²) in [5.74, 6) is -1.04. The fourth-order valence-electron chi connectivity index (χ4n) is 1.11. The van der Waals surface area contributed by atoms with E-state index in [-0.39, 0.29) is 5.82 Å². The second kappa shape index (κ2) is 3.36. The van der Waals surface area contributed by atoms with Gasteiger partial charge in [-0.2, -0.15) is 0 Å². The number of carboxylic acid groups (broad SMARTS) is 1. The van der Waals surface area contributed by atoms with Crippen LogP contribution in [0.1, 0.15) is 10.6 Å². The lowest BCUT2D eigenvalue weighted by atomic mass is 10.5. The number of carboxylic acids is 1. The minimum Gasteiger partial charge on any atom is -0.538 e. The van der Waals surface area contributed by atoms with E-state index in [0.29, 0.717) is 13.1 Å². The van der Waals surface area contributed by atoms with Crippen LogP contribution in [-0.4, -0.2) is 17.1 Å². The van der Waals surface area contributed by atoms with E-state index < -0.39 is 5.97 Å². The van der Waals surface area contributed by atoms with Crippen molar-refractivity contribution in [2.75, 3.05) is 6.54 Å². The van der Waals surface area contributed by atoms with E-state index in [1.54, 1.807) is 24.0 Å². The second-order valence-electron chi connectivity index (χ2n) is 2.50. The molecule has 0 radical (unpaired) electrons. The monoisotopic (exact) mass is 169 g/mol. The highest BCUT2D eigenvalue weighted by Crippen LogP contribution is 1.91. The number of aromatic carboxylic acids is 1. The van der Waals surface area contributed by atoms with E-state index in [9.17, 15) is 9.90 Å². The number of rotatable bonds is 3. The molecule has 0 saturated carbocycles. The van der Waals surface area contributed by atoms with Crippen molar-refractivity contribution in [3.63, 3.8) is 0 Å². The maximum atomic E-state index is 10.6. The van der Waals surface area contributed by atoms with Gasteiger partial charge in [-0.3, -0.25) is 0 Å². The number of carbonyl (C=O) groups excluding carboxylic acids is 1. The number of imidazole rings is 1. The summed E-state index contributed by atoms with van der Waals surface area (Å²) in [5.41, 5.74) is 5.30. The maximum Gasteiger partial charge on any atom is 0.304 e. The Kier molecular flexibility index (Phi) is 2.44. The van der Waals surface area contributed by atoms with Crippen LogP contribution in [0.25, 0.3) is 0 Å². The van der Waals surface area contributed by atoms with Crippen molar-refractivity contribution in [3.8, 4) is 0 Å². The van der Waals surface area contributed by atoms with Gasteiger partial charge in [-0.15, -0.1) is 0 Å². The zero-order chi connectivity index (χ0) is 9.14. The van der Waals surface area contributed by atoms with Gasteiger partial charge in [0.2, 0.25) is 0 Å². The first-order chi connectivity index (χ1) is 5.66. The first-order valence-corrected chi connectivity index (χ1v) is 3.63. The molecule has 0 fully saturated rings. The number of nitrogens with two attached hydrogens (primary N) is 1. The highest BCUT2D eigenvalue weighted by atomic mass is 16.4. The Balaban J connectivity index is 3.04. The van der Waals surface area contributed by atoms with E-state index in [1.165, 1.54) is 4.57 Å². The van der Waals surface area contributed by atoms with Gasteiger partial charge >= 0.3 is 5.82 Å². The number of aryl methyl sites for hydroxylation is 1. The number of aromatic nitrogens is 2. The van der Waals surface area contributed by atoms with Gasteiger partial charge in [0.15, 0.2) is 5.97 Å². The minimum atomic E-state index is -1.18. The molecule has 5 heteroatoms. The Morgan fingerprint density at radius 2 is 2.50 bits per heavy atom. The summed E-state index contributed by atoms with van der Waals surface area (Å²) in [5, 5.41) is 10.6. The SMILES string of the molecule is C[n+]1ccn(CCN)c1C(=O)[O-]. The minimum absolute atomic E-state index is 0.139. The molecule has 0 atom stereocenters. The standard InChI is InChI=1S/C7H11N3O2/c1-9-4-5-10(3-2-8)6(9)7(11)12/h4-5H,2-3,8H2,1H3. The van der Waals surface area contributed by atoms with Crippen molar-refractivity contribution in [1.29, 1.82) is 0 Å². The lowest BCUT2D eigenvalue weighted by Gasteiger charge is -2.00. The van der Waals surface area contributed by atoms with Crippen molar-refractivity contribution in [3.05, 3.63) is 18.2 Å². The molecule has 1 aromatic heterocycles. The van der Waals surface area contributed by atoms with E-state index in [0.717, 1.165) is 0 Å². The van der Waals surface area contributed by atoms with Gasteiger partial charge in [-0.05, 0) is 0 Å². The highest BCUT2D eigenvalue weighted by molar-refractivity contribution is 5.79. The molecular formula is C7H11N3O2. The first-order valence-electron chi connectivity index (χ1n) is 3.63. The van der Waals surface area contributed by atoms with E-state index in [4.69, 9.17) is 5.73 Å². The van der Waals surface area contributed by atoms with Gasteiger partial charge in [-0.25, -0.2) is 9.13 Å². The summed E-state index contributed by atoms with van der Waals surface area (Å²) in [4.78, 5) is 10.6. The molecule has 0 unspecified atom stereocenters. The molecule has 1 rings (SSSR count). The van der Waals surface area contributed by atoms with Crippen molar-refractivity contribution in [1.82, 2.24) is 4.57 Å². The smallest absolute Gasteiger partial charge is 0.304 e. The van der Waals surface area contributed by atoms with Crippen molar-refractivity contribution in [2.24, 2.45) is 12.8 Å². The normalized spacial score (nSPS) is 10.2. The van der Waals surface area contributed by atoms with Crippen molar-refractivity contribution in [2.45, 2.75) is 6.54 Å². The molecule has 0 aliphatic carbocycles. The predicted octanol–water partition coefficient (Wildman–Crippen LogP) is -2.37. The Morgan fingerprint density at radius 3 is 3.00 bits per heavy atom. The number of hydrogen-bond acceptors (Lipinski definition) is 3. The van der Waals surface area contributed by atoms with Gasteiger partial charge in [0.1, 0.15) is 18.9 Å². The lowest BCUT2D eigenvalue weighted by Crippen LogP contribution is -2.41. The fourth-order valence-corrected chi connectivity index (χ4v) is 1.11. The Bertz CT molecular complexity index is 293. The van der Waals surface area contributed by atoms with E-state index in [2.05, 4.69) is 0 Å². The number of hydrogen-bond donors (Lipinski definition) is 1. The lowest BCUT2D eigenvalue weighted by molar-refractivity contribution is -0.675. The summed E-state index contributed by atoms with van der Waals surface area (Å²) < 4.78 is 3.04. The maximum absolute atomic E-state index is 10.6. The topological polar surface area (TPSA) is 75.0 Å². The number of carbonyl (C=O) groups is 1. The molecule has 0 aromatic carbocycles. The van der Waals surface area contributed by atoms with Crippen LogP contribution in [0.15, 0.2) is 12.4 Å². The van der Waals surface area contributed by atoms with Crippen LogP contribution in [0, 0.1) is 0 Å². The van der Waals surface area contributed by atoms with Crippen LogP contribution in [0.3, 0.4) is 0 Å². The van der Waals surface area contributed by atoms with E-state index in [1.807, 2.05) is 0 Å². The third-order valence-corrected chi connectivity index (χ3v) is 1.63. The zero-order valence-electron chi connectivity index (χ0n) is 6.86. The first kappa shape index (κ1) is 8.73. The van der Waals surface area contributed by atoms with Gasteiger partial charge in [0, 0.05) is 6.54 Å². The third-order valence-electron chi connectivity index (χ3n) is 1.63. The van der Waals surface area contributed by atoms with Crippen LogP contribution in [0.2, 0.25) is 0 Å². The van der Waals surface area contributed by atoms with E-state index >= 15 is 0 Å². The quantitative estimate of drug-likeness (QED) is 0.514. The van der Waals surface area contributed by atoms with Crippen LogP contribution in [0.4, 0.5) is 0 Å². The molecule has 0 saturated heterocycles. The predicted molar refractivity (Wildman–Crippen MR) is 39.0 cm³/mol. The fraction of sp³-hybridized carbons (Fsp3) is 0.429. The molecule has 5 nitrogen and oxygen atoms in total. The van der Waals surface area contributed by atoms with Crippen LogP contribution in [-0.2, 0) is 13.6 Å². The van der Waals surface area contributed by atoms with Crippen LogP contribution < -0.4 is 15.4 Å². The third kappa shape index (κ3) is 1.45. The molecule has 0 amide bonds. The van der Waals surface area contributed by atoms with Gasteiger partial charge < -0.3 is 15.6 Å². The molecule has 0 aliphatic rings. The molecule has 12 heavy (non-hydrogen) atoms. The molecular weight excluding hydrogens is 158 g/mol. The molecule has 0 bridgehead atoms. The molecule has 1 heterocycles. The Hall–Kier alpha value is -1.36. The summed E-state index contributed by atoms with van der Waals surface area (Å²) in [6.07, 6.45) is 3.32. The van der Waals surface area contributed by atoms with Crippen LogP contribution >= 0.6 is 0 Å². The molecule has 66 valence electrons. The Labute approximate surface area is 70.0 Å².